The third-order valence-electron chi connectivity index (χ3n) is 4.77. The quantitative estimate of drug-likeness (QED) is 0.792. The van der Waals surface area contributed by atoms with Gasteiger partial charge in [0, 0.05) is 12.6 Å². The minimum absolute atomic E-state index is 0.272. The lowest BCUT2D eigenvalue weighted by molar-refractivity contribution is -0.141. The molecule has 3 nitrogen and oxygen atoms in total. The second kappa shape index (κ2) is 6.74. The normalized spacial score (nSPS) is 27.1. The summed E-state index contributed by atoms with van der Waals surface area (Å²) in [6.45, 7) is 9.49. The summed E-state index contributed by atoms with van der Waals surface area (Å²) in [4.78, 5) is 13.2. The average molecular weight is 269 g/mol. The molecule has 0 saturated heterocycles. The number of hydrogen-bond acceptors (Lipinski definition) is 2. The Hall–Kier alpha value is -0.570. The van der Waals surface area contributed by atoms with E-state index >= 15 is 0 Å². The minimum Gasteiger partial charge on any atom is -0.481 e. The SMILES string of the molecule is CC(CN(C)C1CCCC(C(C)(C)C)CC1)C(=O)O. The maximum atomic E-state index is 10.9. The van der Waals surface area contributed by atoms with Crippen molar-refractivity contribution < 1.29 is 9.90 Å². The fraction of sp³-hybridized carbons (Fsp3) is 0.938. The third kappa shape index (κ3) is 5.13. The highest BCUT2D eigenvalue weighted by atomic mass is 16.4. The van der Waals surface area contributed by atoms with Gasteiger partial charge in [0.15, 0.2) is 0 Å². The van der Waals surface area contributed by atoms with E-state index in [1.165, 1.54) is 32.1 Å². The number of rotatable bonds is 4. The summed E-state index contributed by atoms with van der Waals surface area (Å²) in [7, 11) is 2.08. The Labute approximate surface area is 118 Å². The smallest absolute Gasteiger partial charge is 0.307 e. The van der Waals surface area contributed by atoms with Crippen molar-refractivity contribution in [2.75, 3.05) is 13.6 Å². The molecule has 0 spiro atoms. The maximum Gasteiger partial charge on any atom is 0.307 e. The molecule has 0 aromatic heterocycles. The molecule has 0 bridgehead atoms. The van der Waals surface area contributed by atoms with Crippen molar-refractivity contribution in [3.8, 4) is 0 Å². The van der Waals surface area contributed by atoms with E-state index in [-0.39, 0.29) is 5.92 Å². The number of carboxylic acids is 1. The second-order valence-electron chi connectivity index (χ2n) is 7.40. The molecule has 0 aromatic carbocycles. The van der Waals surface area contributed by atoms with Gasteiger partial charge in [-0.3, -0.25) is 4.79 Å². The van der Waals surface area contributed by atoms with Crippen LogP contribution in [-0.2, 0) is 4.79 Å². The zero-order valence-corrected chi connectivity index (χ0v) is 13.3. The van der Waals surface area contributed by atoms with Crippen molar-refractivity contribution in [2.24, 2.45) is 17.3 Å². The van der Waals surface area contributed by atoms with Gasteiger partial charge >= 0.3 is 5.97 Å². The summed E-state index contributed by atoms with van der Waals surface area (Å²) in [6.07, 6.45) is 6.31. The first-order valence-electron chi connectivity index (χ1n) is 7.65. The zero-order valence-electron chi connectivity index (χ0n) is 13.3. The van der Waals surface area contributed by atoms with Gasteiger partial charge in [-0.2, -0.15) is 0 Å². The molecule has 1 fully saturated rings. The highest BCUT2D eigenvalue weighted by Crippen LogP contribution is 2.37. The van der Waals surface area contributed by atoms with Crippen LogP contribution in [0.25, 0.3) is 0 Å². The molecule has 3 atom stereocenters. The molecule has 112 valence electrons. The Kier molecular flexibility index (Phi) is 5.84. The van der Waals surface area contributed by atoms with Crippen LogP contribution in [0.1, 0.15) is 59.8 Å². The summed E-state index contributed by atoms with van der Waals surface area (Å²) in [6, 6.07) is 0.564. The Bertz CT molecular complexity index is 296. The summed E-state index contributed by atoms with van der Waals surface area (Å²) in [5, 5.41) is 9.01. The summed E-state index contributed by atoms with van der Waals surface area (Å²) >= 11 is 0. The van der Waals surface area contributed by atoms with Gasteiger partial charge in [0.05, 0.1) is 5.92 Å². The second-order valence-corrected chi connectivity index (χ2v) is 7.40. The van der Waals surface area contributed by atoms with Gasteiger partial charge in [-0.1, -0.05) is 34.1 Å². The summed E-state index contributed by atoms with van der Waals surface area (Å²) in [5.41, 5.74) is 0.405. The highest BCUT2D eigenvalue weighted by molar-refractivity contribution is 5.69. The van der Waals surface area contributed by atoms with Crippen LogP contribution in [0.3, 0.4) is 0 Å². The molecule has 3 unspecified atom stereocenters. The minimum atomic E-state index is -0.687. The van der Waals surface area contributed by atoms with Crippen molar-refractivity contribution in [1.29, 1.82) is 0 Å². The van der Waals surface area contributed by atoms with Crippen molar-refractivity contribution in [3.05, 3.63) is 0 Å². The first-order chi connectivity index (χ1) is 8.71. The number of aliphatic carboxylic acids is 1. The fourth-order valence-corrected chi connectivity index (χ4v) is 3.25. The predicted molar refractivity (Wildman–Crippen MR) is 79.2 cm³/mol. The molecular formula is C16H31NO2. The van der Waals surface area contributed by atoms with Gasteiger partial charge < -0.3 is 10.0 Å². The number of hydrogen-bond donors (Lipinski definition) is 1. The third-order valence-corrected chi connectivity index (χ3v) is 4.77. The molecule has 1 aliphatic rings. The van der Waals surface area contributed by atoms with Crippen LogP contribution in [0.2, 0.25) is 0 Å². The van der Waals surface area contributed by atoms with Crippen molar-refractivity contribution >= 4 is 5.97 Å². The van der Waals surface area contributed by atoms with Gasteiger partial charge in [0.2, 0.25) is 0 Å². The molecule has 1 saturated carbocycles. The van der Waals surface area contributed by atoms with Crippen molar-refractivity contribution in [1.82, 2.24) is 4.90 Å². The molecule has 0 heterocycles. The number of carboxylic acid groups (broad SMARTS) is 1. The van der Waals surface area contributed by atoms with E-state index in [0.717, 1.165) is 5.92 Å². The van der Waals surface area contributed by atoms with Crippen LogP contribution >= 0.6 is 0 Å². The average Bonchev–Trinajstić information content (AvgIpc) is 2.53. The van der Waals surface area contributed by atoms with E-state index in [0.29, 0.717) is 18.0 Å². The first-order valence-corrected chi connectivity index (χ1v) is 7.65. The van der Waals surface area contributed by atoms with Crippen LogP contribution in [0.5, 0.6) is 0 Å². The van der Waals surface area contributed by atoms with Gasteiger partial charge in [-0.15, -0.1) is 0 Å². The maximum absolute atomic E-state index is 10.9. The molecule has 1 N–H and O–H groups in total. The molecule has 0 aromatic rings. The Morgan fingerprint density at radius 2 is 1.89 bits per heavy atom. The van der Waals surface area contributed by atoms with Crippen molar-refractivity contribution in [2.45, 2.75) is 65.8 Å². The molecule has 1 aliphatic carbocycles. The molecule has 1 rings (SSSR count). The highest BCUT2D eigenvalue weighted by Gasteiger charge is 2.29. The van der Waals surface area contributed by atoms with E-state index in [1.807, 2.05) is 0 Å². The summed E-state index contributed by atoms with van der Waals surface area (Å²) in [5.74, 6) is -0.150. The lowest BCUT2D eigenvalue weighted by Crippen LogP contribution is -2.36. The fourth-order valence-electron chi connectivity index (χ4n) is 3.25. The molecule has 3 heteroatoms. The molecule has 0 radical (unpaired) electrons. The monoisotopic (exact) mass is 269 g/mol. The van der Waals surface area contributed by atoms with Crippen LogP contribution < -0.4 is 0 Å². The Morgan fingerprint density at radius 3 is 2.42 bits per heavy atom. The van der Waals surface area contributed by atoms with E-state index < -0.39 is 5.97 Å². The first kappa shape index (κ1) is 16.5. The van der Waals surface area contributed by atoms with Gasteiger partial charge in [-0.25, -0.2) is 0 Å². The Balaban J connectivity index is 2.50. The zero-order chi connectivity index (χ0) is 14.6. The molecule has 0 amide bonds. The number of carbonyl (C=O) groups is 1. The lowest BCUT2D eigenvalue weighted by atomic mass is 9.76. The molecular weight excluding hydrogens is 238 g/mol. The van der Waals surface area contributed by atoms with Crippen molar-refractivity contribution in [3.63, 3.8) is 0 Å². The van der Waals surface area contributed by atoms with E-state index in [4.69, 9.17) is 5.11 Å². The van der Waals surface area contributed by atoms with Gasteiger partial charge in [0.25, 0.3) is 0 Å². The lowest BCUT2D eigenvalue weighted by Gasteiger charge is -2.31. The van der Waals surface area contributed by atoms with Crippen LogP contribution in [0, 0.1) is 17.3 Å². The number of nitrogens with zero attached hydrogens (tertiary/aromatic N) is 1. The topological polar surface area (TPSA) is 40.5 Å². The summed E-state index contributed by atoms with van der Waals surface area (Å²) < 4.78 is 0. The van der Waals surface area contributed by atoms with Crippen LogP contribution in [0.4, 0.5) is 0 Å². The standard InChI is InChI=1S/C16H31NO2/c1-12(15(18)19)11-17(5)14-8-6-7-13(9-10-14)16(2,3)4/h12-14H,6-11H2,1-5H3,(H,18,19). The Morgan fingerprint density at radius 1 is 1.26 bits per heavy atom. The van der Waals surface area contributed by atoms with Gasteiger partial charge in [-0.05, 0) is 44.1 Å². The van der Waals surface area contributed by atoms with Crippen LogP contribution in [0.15, 0.2) is 0 Å². The van der Waals surface area contributed by atoms with E-state index in [1.54, 1.807) is 6.92 Å². The molecule has 0 aliphatic heterocycles. The molecule has 19 heavy (non-hydrogen) atoms. The van der Waals surface area contributed by atoms with E-state index in [9.17, 15) is 4.79 Å². The predicted octanol–water partition coefficient (Wildman–Crippen LogP) is 3.63. The largest absolute Gasteiger partial charge is 0.481 e. The van der Waals surface area contributed by atoms with Gasteiger partial charge in [0.1, 0.15) is 0 Å². The van der Waals surface area contributed by atoms with E-state index in [2.05, 4.69) is 32.7 Å². The van der Waals surface area contributed by atoms with Crippen LogP contribution in [-0.4, -0.2) is 35.6 Å².